The van der Waals surface area contributed by atoms with Crippen LogP contribution in [0.25, 0.3) is 11.1 Å². The molecule has 1 saturated carbocycles. The lowest BCUT2D eigenvalue weighted by Crippen LogP contribution is -2.34. The second-order valence-electron chi connectivity index (χ2n) is 10.3. The van der Waals surface area contributed by atoms with Crippen molar-refractivity contribution in [2.45, 2.75) is 57.5 Å². The van der Waals surface area contributed by atoms with Crippen molar-refractivity contribution in [3.8, 4) is 16.9 Å². The van der Waals surface area contributed by atoms with Gasteiger partial charge in [0.1, 0.15) is 11.6 Å². The molecule has 1 fully saturated rings. The average Bonchev–Trinajstić information content (AvgIpc) is 2.93. The highest BCUT2D eigenvalue weighted by Crippen LogP contribution is 2.34. The van der Waals surface area contributed by atoms with Gasteiger partial charge in [0.05, 0.1) is 12.5 Å². The summed E-state index contributed by atoms with van der Waals surface area (Å²) in [6.45, 7) is 2.03. The van der Waals surface area contributed by atoms with Crippen molar-refractivity contribution in [3.63, 3.8) is 0 Å². The minimum atomic E-state index is -0.943. The molecule has 9 heteroatoms. The van der Waals surface area contributed by atoms with Crippen LogP contribution in [0.3, 0.4) is 0 Å². The number of hydrogen-bond donors (Lipinski definition) is 2. The molecule has 4 rings (SSSR count). The second-order valence-corrected chi connectivity index (χ2v) is 10.3. The summed E-state index contributed by atoms with van der Waals surface area (Å²) in [6, 6.07) is 14.7. The van der Waals surface area contributed by atoms with Crippen molar-refractivity contribution in [1.82, 2.24) is 14.9 Å². The topological polar surface area (TPSA) is 108 Å². The number of aryl methyl sites for hydroxylation is 1. The molecule has 0 aliphatic heterocycles. The summed E-state index contributed by atoms with van der Waals surface area (Å²) in [5.41, 5.74) is 3.59. The number of aliphatic carboxylic acids is 1. The Morgan fingerprint density at radius 1 is 1.03 bits per heavy atom. The summed E-state index contributed by atoms with van der Waals surface area (Å²) < 4.78 is 5.32. The quantitative estimate of drug-likeness (QED) is 0.351. The maximum atomic E-state index is 11.9. The maximum Gasteiger partial charge on any atom is 0.414 e. The molecule has 1 aromatic heterocycles. The molecule has 0 unspecified atom stereocenters. The Balaban J connectivity index is 1.69. The van der Waals surface area contributed by atoms with Crippen LogP contribution in [0.2, 0.25) is 0 Å². The minimum Gasteiger partial charge on any atom is -0.481 e. The van der Waals surface area contributed by atoms with Crippen LogP contribution in [0.15, 0.2) is 54.7 Å². The van der Waals surface area contributed by atoms with Gasteiger partial charge < -0.3 is 25.0 Å². The summed E-state index contributed by atoms with van der Waals surface area (Å²) in [7, 11) is 5.25. The van der Waals surface area contributed by atoms with Crippen LogP contribution in [-0.4, -0.2) is 59.2 Å². The van der Waals surface area contributed by atoms with Gasteiger partial charge in [-0.05, 0) is 48.6 Å². The molecule has 1 amide bonds. The van der Waals surface area contributed by atoms with Gasteiger partial charge in [0.15, 0.2) is 0 Å². The Morgan fingerprint density at radius 3 is 2.36 bits per heavy atom. The number of aromatic nitrogens is 2. The molecule has 1 heterocycles. The third-order valence-corrected chi connectivity index (χ3v) is 7.19. The average molecular weight is 532 g/mol. The van der Waals surface area contributed by atoms with Crippen LogP contribution in [0.4, 0.5) is 16.6 Å². The molecule has 206 valence electrons. The first-order chi connectivity index (χ1) is 18.7. The lowest BCUT2D eigenvalue weighted by molar-refractivity contribution is -0.137. The van der Waals surface area contributed by atoms with E-state index in [-0.39, 0.29) is 6.42 Å². The molecular weight excluding hydrogens is 494 g/mol. The Bertz CT molecular complexity index is 1290. The zero-order valence-electron chi connectivity index (χ0n) is 23.1. The van der Waals surface area contributed by atoms with E-state index in [0.29, 0.717) is 23.6 Å². The number of rotatable bonds is 9. The number of hydrogen-bond acceptors (Lipinski definition) is 7. The third-order valence-electron chi connectivity index (χ3n) is 7.19. The molecule has 2 N–H and O–H groups in total. The van der Waals surface area contributed by atoms with Crippen LogP contribution >= 0.6 is 0 Å². The lowest BCUT2D eigenvalue weighted by atomic mass is 9.95. The van der Waals surface area contributed by atoms with Gasteiger partial charge in [-0.2, -0.15) is 4.98 Å². The van der Waals surface area contributed by atoms with Gasteiger partial charge in [0, 0.05) is 38.9 Å². The molecule has 0 spiro atoms. The minimum absolute atomic E-state index is 0.165. The molecule has 9 nitrogen and oxygen atoms in total. The van der Waals surface area contributed by atoms with Gasteiger partial charge in [-0.3, -0.25) is 4.79 Å². The molecule has 0 saturated heterocycles. The number of benzene rings is 2. The summed E-state index contributed by atoms with van der Waals surface area (Å²) in [4.78, 5) is 37.0. The van der Waals surface area contributed by atoms with Gasteiger partial charge >= 0.3 is 12.1 Å². The largest absolute Gasteiger partial charge is 0.481 e. The third kappa shape index (κ3) is 7.04. The van der Waals surface area contributed by atoms with Gasteiger partial charge in [-0.25, -0.2) is 9.78 Å². The Morgan fingerprint density at radius 2 is 1.72 bits per heavy atom. The molecule has 1 atom stereocenters. The predicted octanol–water partition coefficient (Wildman–Crippen LogP) is 5.91. The zero-order valence-corrected chi connectivity index (χ0v) is 23.1. The fourth-order valence-electron chi connectivity index (χ4n) is 4.91. The maximum absolute atomic E-state index is 11.9. The Kier molecular flexibility index (Phi) is 9.01. The number of amides is 1. The van der Waals surface area contributed by atoms with Crippen LogP contribution in [0.1, 0.15) is 55.7 Å². The van der Waals surface area contributed by atoms with Crippen LogP contribution in [0.5, 0.6) is 5.75 Å². The van der Waals surface area contributed by atoms with E-state index in [0.717, 1.165) is 35.1 Å². The molecule has 39 heavy (non-hydrogen) atoms. The van der Waals surface area contributed by atoms with E-state index in [4.69, 9.17) is 14.7 Å². The SMILES string of the molecule is Cc1ccccc1-c1cnc(N(C)C2CCCCC2)nc1N[C@@H](CC(=O)O)c1ccc(OC(=O)N(C)C)cc1. The van der Waals surface area contributed by atoms with Crippen LogP contribution in [0, 0.1) is 6.92 Å². The van der Waals surface area contributed by atoms with Gasteiger partial charge in [0.25, 0.3) is 0 Å². The normalized spacial score (nSPS) is 14.4. The highest BCUT2D eigenvalue weighted by Gasteiger charge is 2.24. The first-order valence-electron chi connectivity index (χ1n) is 13.4. The summed E-state index contributed by atoms with van der Waals surface area (Å²) in [5, 5.41) is 13.2. The van der Waals surface area contributed by atoms with Crippen molar-refractivity contribution in [3.05, 3.63) is 65.9 Å². The van der Waals surface area contributed by atoms with Crippen LogP contribution < -0.4 is 15.0 Å². The van der Waals surface area contributed by atoms with E-state index in [2.05, 4.69) is 10.2 Å². The van der Waals surface area contributed by atoms with Crippen molar-refractivity contribution < 1.29 is 19.4 Å². The number of carboxylic acid groups (broad SMARTS) is 1. The lowest BCUT2D eigenvalue weighted by Gasteiger charge is -2.31. The Hall–Kier alpha value is -4.14. The number of nitrogens with one attached hydrogen (secondary N) is 1. The second kappa shape index (κ2) is 12.6. The number of carbonyl (C=O) groups is 2. The number of carbonyl (C=O) groups excluding carboxylic acids is 1. The number of nitrogens with zero attached hydrogens (tertiary/aromatic N) is 4. The molecule has 1 aliphatic carbocycles. The van der Waals surface area contributed by atoms with E-state index < -0.39 is 18.1 Å². The molecular formula is C30H37N5O4. The fourth-order valence-corrected chi connectivity index (χ4v) is 4.91. The van der Waals surface area contributed by atoms with E-state index in [1.807, 2.05) is 44.4 Å². The summed E-state index contributed by atoms with van der Waals surface area (Å²) >= 11 is 0. The van der Waals surface area contributed by atoms with Gasteiger partial charge in [0.2, 0.25) is 5.95 Å². The van der Waals surface area contributed by atoms with E-state index in [1.165, 1.54) is 24.2 Å². The van der Waals surface area contributed by atoms with Crippen molar-refractivity contribution in [2.75, 3.05) is 31.4 Å². The van der Waals surface area contributed by atoms with Crippen molar-refractivity contribution in [1.29, 1.82) is 0 Å². The predicted molar refractivity (Wildman–Crippen MR) is 152 cm³/mol. The van der Waals surface area contributed by atoms with Crippen molar-refractivity contribution >= 4 is 23.8 Å². The standard InChI is InChI=1S/C30H37N5O4/c1-20-10-8-9-13-24(20)25-19-31-29(35(4)22-11-6-5-7-12-22)33-28(25)32-26(18-27(36)37)21-14-16-23(17-15-21)39-30(38)34(2)3/h8-10,13-17,19,22,26H,5-7,11-12,18H2,1-4H3,(H,36,37)(H,31,32,33)/t26-/m0/s1. The highest BCUT2D eigenvalue weighted by atomic mass is 16.6. The number of ether oxygens (including phenoxy) is 1. The van der Waals surface area contributed by atoms with E-state index in [1.54, 1.807) is 38.4 Å². The molecule has 1 aliphatic rings. The molecule has 0 radical (unpaired) electrons. The smallest absolute Gasteiger partial charge is 0.414 e. The van der Waals surface area contributed by atoms with E-state index in [9.17, 15) is 14.7 Å². The van der Waals surface area contributed by atoms with Crippen molar-refractivity contribution in [2.24, 2.45) is 0 Å². The van der Waals surface area contributed by atoms with Gasteiger partial charge in [-0.15, -0.1) is 0 Å². The fraction of sp³-hybridized carbons (Fsp3) is 0.400. The van der Waals surface area contributed by atoms with Crippen LogP contribution in [-0.2, 0) is 4.79 Å². The molecule has 0 bridgehead atoms. The monoisotopic (exact) mass is 531 g/mol. The first-order valence-corrected chi connectivity index (χ1v) is 13.4. The number of carboxylic acids is 1. The Labute approximate surface area is 229 Å². The summed E-state index contributed by atoms with van der Waals surface area (Å²) in [5.74, 6) is 0.625. The van der Waals surface area contributed by atoms with E-state index >= 15 is 0 Å². The first kappa shape index (κ1) is 27.9. The number of anilines is 2. The molecule has 2 aromatic carbocycles. The summed E-state index contributed by atoms with van der Waals surface area (Å²) in [6.07, 6.45) is 7.04. The highest BCUT2D eigenvalue weighted by molar-refractivity contribution is 5.78. The van der Waals surface area contributed by atoms with Gasteiger partial charge in [-0.1, -0.05) is 55.7 Å². The molecule has 3 aromatic rings. The zero-order chi connectivity index (χ0) is 27.9.